The van der Waals surface area contributed by atoms with Gasteiger partial charge in [0.25, 0.3) is 0 Å². The van der Waals surface area contributed by atoms with Crippen LogP contribution in [0.3, 0.4) is 0 Å². The Morgan fingerprint density at radius 1 is 1.40 bits per heavy atom. The maximum atomic E-state index is 12.8. The van der Waals surface area contributed by atoms with Crippen LogP contribution in [0.2, 0.25) is 0 Å². The molecule has 0 aromatic rings. The molecular formula is C16H26N2O2. The fraction of sp³-hybridized carbons (Fsp3) is 0.812. The standard InChI is InChI=1S/C16H26N2O2/c1-20-8-7-18(11-14-3-2-6-17-14)16(19)15-10-12-4-5-13(15)9-12/h4-5,12-15,17H,2-3,6-11H2,1H3. The van der Waals surface area contributed by atoms with Crippen LogP contribution in [0.4, 0.5) is 0 Å². The van der Waals surface area contributed by atoms with E-state index in [2.05, 4.69) is 17.5 Å². The van der Waals surface area contributed by atoms with Crippen molar-refractivity contribution in [3.8, 4) is 0 Å². The molecule has 3 rings (SSSR count). The van der Waals surface area contributed by atoms with Crippen molar-refractivity contribution in [3.63, 3.8) is 0 Å². The third-order valence-corrected chi connectivity index (χ3v) is 5.08. The Morgan fingerprint density at radius 3 is 2.90 bits per heavy atom. The highest BCUT2D eigenvalue weighted by Gasteiger charge is 2.41. The average Bonchev–Trinajstić information content (AvgIpc) is 3.19. The summed E-state index contributed by atoms with van der Waals surface area (Å²) < 4.78 is 5.18. The van der Waals surface area contributed by atoms with Crippen LogP contribution in [0.5, 0.6) is 0 Å². The van der Waals surface area contributed by atoms with E-state index in [4.69, 9.17) is 4.74 Å². The van der Waals surface area contributed by atoms with Crippen LogP contribution in [0, 0.1) is 17.8 Å². The van der Waals surface area contributed by atoms with Crippen LogP contribution in [-0.4, -0.2) is 50.2 Å². The molecule has 4 unspecified atom stereocenters. The quantitative estimate of drug-likeness (QED) is 0.747. The van der Waals surface area contributed by atoms with Gasteiger partial charge in [-0.1, -0.05) is 12.2 Å². The van der Waals surface area contributed by atoms with E-state index >= 15 is 0 Å². The maximum absolute atomic E-state index is 12.8. The molecule has 0 aromatic heterocycles. The van der Waals surface area contributed by atoms with Gasteiger partial charge in [0.2, 0.25) is 5.91 Å². The van der Waals surface area contributed by atoms with Gasteiger partial charge in [0.15, 0.2) is 0 Å². The van der Waals surface area contributed by atoms with Crippen molar-refractivity contribution in [1.82, 2.24) is 10.2 Å². The normalized spacial score (nSPS) is 34.9. The molecule has 1 saturated heterocycles. The Morgan fingerprint density at radius 2 is 2.30 bits per heavy atom. The topological polar surface area (TPSA) is 41.6 Å². The lowest BCUT2D eigenvalue weighted by atomic mass is 9.92. The summed E-state index contributed by atoms with van der Waals surface area (Å²) in [5.41, 5.74) is 0. The molecule has 1 saturated carbocycles. The molecule has 0 spiro atoms. The number of carbonyl (C=O) groups is 1. The number of carbonyl (C=O) groups excluding carboxylic acids is 1. The fourth-order valence-electron chi connectivity index (χ4n) is 3.97. The lowest BCUT2D eigenvalue weighted by Crippen LogP contribution is -2.45. The van der Waals surface area contributed by atoms with E-state index in [-0.39, 0.29) is 5.92 Å². The van der Waals surface area contributed by atoms with Gasteiger partial charge >= 0.3 is 0 Å². The van der Waals surface area contributed by atoms with Crippen molar-refractivity contribution < 1.29 is 9.53 Å². The number of amides is 1. The summed E-state index contributed by atoms with van der Waals surface area (Å²) >= 11 is 0. The summed E-state index contributed by atoms with van der Waals surface area (Å²) in [6.45, 7) is 3.30. The van der Waals surface area contributed by atoms with E-state index in [0.717, 1.165) is 26.1 Å². The summed E-state index contributed by atoms with van der Waals surface area (Å²) in [7, 11) is 1.71. The van der Waals surface area contributed by atoms with Crippen molar-refractivity contribution in [2.24, 2.45) is 17.8 Å². The van der Waals surface area contributed by atoms with Gasteiger partial charge < -0.3 is 15.0 Å². The van der Waals surface area contributed by atoms with E-state index < -0.39 is 0 Å². The third kappa shape index (κ3) is 2.91. The number of fused-ring (bicyclic) bond motifs is 2. The van der Waals surface area contributed by atoms with Gasteiger partial charge in [-0.3, -0.25) is 4.79 Å². The molecule has 20 heavy (non-hydrogen) atoms. The predicted octanol–water partition coefficient (Wildman–Crippen LogP) is 1.43. The maximum Gasteiger partial charge on any atom is 0.226 e. The largest absolute Gasteiger partial charge is 0.383 e. The molecule has 3 aliphatic rings. The van der Waals surface area contributed by atoms with Crippen molar-refractivity contribution in [1.29, 1.82) is 0 Å². The van der Waals surface area contributed by atoms with Gasteiger partial charge in [-0.15, -0.1) is 0 Å². The number of rotatable bonds is 6. The molecule has 1 N–H and O–H groups in total. The second-order valence-electron chi connectivity index (χ2n) is 6.46. The van der Waals surface area contributed by atoms with Crippen LogP contribution >= 0.6 is 0 Å². The molecule has 4 heteroatoms. The molecule has 112 valence electrons. The highest BCUT2D eigenvalue weighted by atomic mass is 16.5. The van der Waals surface area contributed by atoms with Gasteiger partial charge in [-0.05, 0) is 44.1 Å². The molecule has 0 aromatic carbocycles. The first-order valence-corrected chi connectivity index (χ1v) is 7.97. The summed E-state index contributed by atoms with van der Waals surface area (Å²) in [6, 6.07) is 0.477. The Hall–Kier alpha value is -0.870. The number of nitrogens with zero attached hydrogens (tertiary/aromatic N) is 1. The summed E-state index contributed by atoms with van der Waals surface area (Å²) in [4.78, 5) is 14.9. The van der Waals surface area contributed by atoms with Crippen molar-refractivity contribution in [3.05, 3.63) is 12.2 Å². The first-order valence-electron chi connectivity index (χ1n) is 7.97. The SMILES string of the molecule is COCCN(CC1CCCN1)C(=O)C1CC2C=CC1C2. The molecule has 1 heterocycles. The monoisotopic (exact) mass is 278 g/mol. The van der Waals surface area contributed by atoms with Gasteiger partial charge in [0.05, 0.1) is 6.61 Å². The Kier molecular flexibility index (Phi) is 4.41. The Bertz CT molecular complexity index is 377. The predicted molar refractivity (Wildman–Crippen MR) is 78.3 cm³/mol. The second-order valence-corrected chi connectivity index (χ2v) is 6.46. The van der Waals surface area contributed by atoms with Crippen LogP contribution in [0.1, 0.15) is 25.7 Å². The van der Waals surface area contributed by atoms with Crippen molar-refractivity contribution >= 4 is 5.91 Å². The van der Waals surface area contributed by atoms with Crippen molar-refractivity contribution in [2.75, 3.05) is 33.4 Å². The van der Waals surface area contributed by atoms with E-state index in [1.807, 2.05) is 4.90 Å². The van der Waals surface area contributed by atoms with Gasteiger partial charge in [0, 0.05) is 32.2 Å². The lowest BCUT2D eigenvalue weighted by Gasteiger charge is -2.30. The molecule has 0 radical (unpaired) electrons. The molecular weight excluding hydrogens is 252 g/mol. The number of ether oxygens (including phenoxy) is 1. The minimum atomic E-state index is 0.225. The fourth-order valence-corrected chi connectivity index (χ4v) is 3.97. The second kappa shape index (κ2) is 6.27. The van der Waals surface area contributed by atoms with Crippen LogP contribution in [-0.2, 0) is 9.53 Å². The molecule has 4 nitrogen and oxygen atoms in total. The number of nitrogens with one attached hydrogen (secondary N) is 1. The number of allylic oxidation sites excluding steroid dienone is 2. The highest BCUT2D eigenvalue weighted by molar-refractivity contribution is 5.80. The first-order chi connectivity index (χ1) is 9.78. The summed E-state index contributed by atoms with van der Waals surface area (Å²) in [6.07, 6.45) is 9.23. The first kappa shape index (κ1) is 14.1. The molecule has 1 amide bonds. The van der Waals surface area contributed by atoms with Crippen LogP contribution in [0.25, 0.3) is 0 Å². The number of hydrogen-bond acceptors (Lipinski definition) is 3. The molecule has 4 atom stereocenters. The van der Waals surface area contributed by atoms with Gasteiger partial charge in [-0.2, -0.15) is 0 Å². The van der Waals surface area contributed by atoms with Gasteiger partial charge in [0.1, 0.15) is 0 Å². The molecule has 2 aliphatic carbocycles. The number of methoxy groups -OCH3 is 1. The van der Waals surface area contributed by atoms with E-state index in [1.165, 1.54) is 19.3 Å². The summed E-state index contributed by atoms with van der Waals surface area (Å²) in [5.74, 6) is 1.73. The third-order valence-electron chi connectivity index (χ3n) is 5.08. The molecule has 2 fully saturated rings. The van der Waals surface area contributed by atoms with Crippen LogP contribution in [0.15, 0.2) is 12.2 Å². The Balaban J connectivity index is 1.61. The summed E-state index contributed by atoms with van der Waals surface area (Å²) in [5, 5.41) is 3.49. The zero-order valence-electron chi connectivity index (χ0n) is 12.4. The molecule has 2 bridgehead atoms. The van der Waals surface area contributed by atoms with Crippen LogP contribution < -0.4 is 5.32 Å². The van der Waals surface area contributed by atoms with Gasteiger partial charge in [-0.25, -0.2) is 0 Å². The minimum absolute atomic E-state index is 0.225. The zero-order valence-corrected chi connectivity index (χ0v) is 12.4. The minimum Gasteiger partial charge on any atom is -0.383 e. The lowest BCUT2D eigenvalue weighted by molar-refractivity contribution is -0.137. The number of hydrogen-bond donors (Lipinski definition) is 1. The highest BCUT2D eigenvalue weighted by Crippen LogP contribution is 2.44. The smallest absolute Gasteiger partial charge is 0.226 e. The average molecular weight is 278 g/mol. The van der Waals surface area contributed by atoms with E-state index in [1.54, 1.807) is 7.11 Å². The van der Waals surface area contributed by atoms with E-state index in [0.29, 0.717) is 30.4 Å². The molecule has 1 aliphatic heterocycles. The van der Waals surface area contributed by atoms with Crippen molar-refractivity contribution in [2.45, 2.75) is 31.7 Å². The zero-order chi connectivity index (χ0) is 13.9. The van der Waals surface area contributed by atoms with E-state index in [9.17, 15) is 4.79 Å². The Labute approximate surface area is 121 Å².